The van der Waals surface area contributed by atoms with Gasteiger partial charge in [0.15, 0.2) is 0 Å². The van der Waals surface area contributed by atoms with Crippen molar-refractivity contribution in [2.24, 2.45) is 5.92 Å². The number of fused-ring (bicyclic) bond motifs is 1. The van der Waals surface area contributed by atoms with Crippen molar-refractivity contribution in [3.05, 3.63) is 70.9 Å². The number of rotatable bonds is 7. The number of ketones is 1. The molecular weight excluding hydrogens is 326 g/mol. The average Bonchev–Trinajstić information content (AvgIpc) is 2.96. The summed E-state index contributed by atoms with van der Waals surface area (Å²) in [5, 5.41) is 10.6. The van der Waals surface area contributed by atoms with Crippen molar-refractivity contribution in [1.29, 1.82) is 0 Å². The van der Waals surface area contributed by atoms with Gasteiger partial charge in [0.05, 0.1) is 5.92 Å². The summed E-state index contributed by atoms with van der Waals surface area (Å²) in [6.07, 6.45) is 2.51. The highest BCUT2D eigenvalue weighted by Gasteiger charge is 2.23. The van der Waals surface area contributed by atoms with Gasteiger partial charge in [0.2, 0.25) is 0 Å². The summed E-state index contributed by atoms with van der Waals surface area (Å²) in [4.78, 5) is 27.3. The molecule has 0 unspecified atom stereocenters. The molecule has 0 bridgehead atoms. The average molecular weight is 349 g/mol. The molecule has 2 aromatic carbocycles. The fraction of sp³-hybridized carbons (Fsp3) is 0.273. The monoisotopic (exact) mass is 349 g/mol. The number of carbonyl (C=O) groups excluding carboxylic acids is 1. The summed E-state index contributed by atoms with van der Waals surface area (Å²) < 4.78 is 0. The summed E-state index contributed by atoms with van der Waals surface area (Å²) in [5.74, 6) is -1.68. The van der Waals surface area contributed by atoms with Gasteiger partial charge >= 0.3 is 5.97 Å². The number of hydrogen-bond donors (Lipinski definition) is 2. The Bertz CT molecular complexity index is 935. The molecule has 1 heterocycles. The van der Waals surface area contributed by atoms with E-state index < -0.39 is 11.9 Å². The van der Waals surface area contributed by atoms with Crippen LogP contribution >= 0.6 is 0 Å². The molecule has 0 aliphatic carbocycles. The molecule has 3 aromatic rings. The Hall–Kier alpha value is -2.88. The quantitative estimate of drug-likeness (QED) is 0.670. The Morgan fingerprint density at radius 3 is 2.46 bits per heavy atom. The van der Waals surface area contributed by atoms with Crippen LogP contribution in [0.25, 0.3) is 10.9 Å². The van der Waals surface area contributed by atoms with Crippen molar-refractivity contribution in [2.45, 2.75) is 33.1 Å². The minimum Gasteiger partial charge on any atom is -0.481 e. The predicted octanol–water partition coefficient (Wildman–Crippen LogP) is 4.23. The van der Waals surface area contributed by atoms with Gasteiger partial charge in [-0.3, -0.25) is 9.59 Å². The van der Waals surface area contributed by atoms with E-state index in [4.69, 9.17) is 0 Å². The largest absolute Gasteiger partial charge is 0.481 e. The Morgan fingerprint density at radius 2 is 1.77 bits per heavy atom. The van der Waals surface area contributed by atoms with Crippen LogP contribution in [0.1, 0.15) is 28.7 Å². The molecule has 4 heteroatoms. The maximum absolute atomic E-state index is 12.5. The van der Waals surface area contributed by atoms with Crippen LogP contribution in [0.4, 0.5) is 0 Å². The van der Waals surface area contributed by atoms with E-state index in [0.717, 1.165) is 33.2 Å². The van der Waals surface area contributed by atoms with Crippen LogP contribution < -0.4 is 0 Å². The number of hydrogen-bond acceptors (Lipinski definition) is 2. The van der Waals surface area contributed by atoms with Gasteiger partial charge in [0.25, 0.3) is 0 Å². The molecule has 0 aliphatic heterocycles. The number of carbonyl (C=O) groups is 2. The first-order chi connectivity index (χ1) is 12.4. The molecular formula is C22H23NO3. The highest BCUT2D eigenvalue weighted by Crippen LogP contribution is 2.23. The van der Waals surface area contributed by atoms with Gasteiger partial charge in [0, 0.05) is 29.9 Å². The number of carboxylic acids is 1. The van der Waals surface area contributed by atoms with Crippen molar-refractivity contribution >= 4 is 22.7 Å². The Balaban J connectivity index is 1.72. The molecule has 0 spiro atoms. The third kappa shape index (κ3) is 4.20. The molecule has 4 nitrogen and oxygen atoms in total. The van der Waals surface area contributed by atoms with Gasteiger partial charge in [-0.05, 0) is 37.5 Å². The van der Waals surface area contributed by atoms with E-state index >= 15 is 0 Å². The van der Waals surface area contributed by atoms with E-state index in [1.807, 2.05) is 56.4 Å². The molecule has 0 saturated carbocycles. The maximum atomic E-state index is 12.5. The van der Waals surface area contributed by atoms with E-state index in [1.165, 1.54) is 0 Å². The zero-order valence-corrected chi connectivity index (χ0v) is 15.1. The lowest BCUT2D eigenvalue weighted by atomic mass is 9.92. The molecule has 1 aromatic heterocycles. The van der Waals surface area contributed by atoms with Crippen LogP contribution in [0.15, 0.2) is 48.7 Å². The number of aliphatic carboxylic acids is 1. The smallest absolute Gasteiger partial charge is 0.307 e. The fourth-order valence-electron chi connectivity index (χ4n) is 3.56. The van der Waals surface area contributed by atoms with E-state index in [2.05, 4.69) is 11.1 Å². The molecule has 0 fully saturated rings. The van der Waals surface area contributed by atoms with Crippen LogP contribution in [0.3, 0.4) is 0 Å². The summed E-state index contributed by atoms with van der Waals surface area (Å²) in [5.41, 5.74) is 5.09. The molecule has 2 N–H and O–H groups in total. The first-order valence-corrected chi connectivity index (χ1v) is 8.79. The topological polar surface area (TPSA) is 70.2 Å². The number of Topliss-reactive ketones (excluding diaryl/α,β-unsaturated/α-hetero) is 1. The van der Waals surface area contributed by atoms with Gasteiger partial charge in [-0.1, -0.05) is 47.5 Å². The Labute approximate surface area is 152 Å². The number of carboxylic acid groups (broad SMARTS) is 1. The number of H-pyrrole nitrogens is 1. The second-order valence-electron chi connectivity index (χ2n) is 7.01. The SMILES string of the molecule is Cc1cc(C)cc(CC(=O)C[C@@H](Cc2c[nH]c3ccccc23)C(=O)O)c1. The van der Waals surface area contributed by atoms with E-state index in [9.17, 15) is 14.7 Å². The molecule has 3 rings (SSSR count). The number of benzene rings is 2. The second kappa shape index (κ2) is 7.56. The third-order valence-corrected chi connectivity index (χ3v) is 4.65. The van der Waals surface area contributed by atoms with Crippen molar-refractivity contribution in [1.82, 2.24) is 4.98 Å². The fourth-order valence-corrected chi connectivity index (χ4v) is 3.56. The normalized spacial score (nSPS) is 12.2. The van der Waals surface area contributed by atoms with Crippen LogP contribution in [0.2, 0.25) is 0 Å². The van der Waals surface area contributed by atoms with Gasteiger partial charge in [-0.25, -0.2) is 0 Å². The molecule has 0 saturated heterocycles. The van der Waals surface area contributed by atoms with Gasteiger partial charge < -0.3 is 10.1 Å². The number of aromatic amines is 1. The molecule has 134 valence electrons. The maximum Gasteiger partial charge on any atom is 0.307 e. The highest BCUT2D eigenvalue weighted by molar-refractivity contribution is 5.87. The minimum atomic E-state index is -0.927. The summed E-state index contributed by atoms with van der Waals surface area (Å²) in [6, 6.07) is 13.8. The van der Waals surface area contributed by atoms with Crippen molar-refractivity contribution in [3.63, 3.8) is 0 Å². The Morgan fingerprint density at radius 1 is 1.08 bits per heavy atom. The number of aryl methyl sites for hydroxylation is 2. The van der Waals surface area contributed by atoms with Crippen LogP contribution in [-0.4, -0.2) is 21.8 Å². The zero-order chi connectivity index (χ0) is 18.7. The van der Waals surface area contributed by atoms with Gasteiger partial charge in [0.1, 0.15) is 5.78 Å². The standard InChI is InChI=1S/C22H23NO3/c1-14-7-15(2)9-16(8-14)10-19(24)12-17(22(25)26)11-18-13-23-21-6-4-3-5-20(18)21/h3-9,13,17,23H,10-12H2,1-2H3,(H,25,26)/t17-/m1/s1. The van der Waals surface area contributed by atoms with Gasteiger partial charge in [-0.2, -0.15) is 0 Å². The lowest BCUT2D eigenvalue weighted by Gasteiger charge is -2.12. The molecule has 1 atom stereocenters. The molecule has 0 radical (unpaired) electrons. The highest BCUT2D eigenvalue weighted by atomic mass is 16.4. The van der Waals surface area contributed by atoms with E-state index in [-0.39, 0.29) is 18.6 Å². The van der Waals surface area contributed by atoms with Crippen LogP contribution in [0.5, 0.6) is 0 Å². The van der Waals surface area contributed by atoms with Crippen LogP contribution in [0, 0.1) is 19.8 Å². The van der Waals surface area contributed by atoms with E-state index in [1.54, 1.807) is 0 Å². The Kier molecular flexibility index (Phi) is 5.21. The molecule has 0 amide bonds. The second-order valence-corrected chi connectivity index (χ2v) is 7.01. The van der Waals surface area contributed by atoms with Crippen molar-refractivity contribution in [3.8, 4) is 0 Å². The minimum absolute atomic E-state index is 0.0396. The van der Waals surface area contributed by atoms with E-state index in [0.29, 0.717) is 6.42 Å². The predicted molar refractivity (Wildman–Crippen MR) is 102 cm³/mol. The lowest BCUT2D eigenvalue weighted by molar-refractivity contribution is -0.143. The van der Waals surface area contributed by atoms with Gasteiger partial charge in [-0.15, -0.1) is 0 Å². The lowest BCUT2D eigenvalue weighted by Crippen LogP contribution is -2.21. The molecule has 26 heavy (non-hydrogen) atoms. The molecule has 0 aliphatic rings. The summed E-state index contributed by atoms with van der Waals surface area (Å²) in [6.45, 7) is 4.00. The summed E-state index contributed by atoms with van der Waals surface area (Å²) in [7, 11) is 0. The zero-order valence-electron chi connectivity index (χ0n) is 15.1. The number of aromatic nitrogens is 1. The number of nitrogens with one attached hydrogen (secondary N) is 1. The first-order valence-electron chi connectivity index (χ1n) is 8.79. The first kappa shape index (κ1) is 17.9. The van der Waals surface area contributed by atoms with Crippen molar-refractivity contribution in [2.75, 3.05) is 0 Å². The number of para-hydroxylation sites is 1. The van der Waals surface area contributed by atoms with Crippen molar-refractivity contribution < 1.29 is 14.7 Å². The summed E-state index contributed by atoms with van der Waals surface area (Å²) >= 11 is 0. The third-order valence-electron chi connectivity index (χ3n) is 4.65. The van der Waals surface area contributed by atoms with Crippen LogP contribution in [-0.2, 0) is 22.4 Å².